The molecule has 0 heterocycles. The topological polar surface area (TPSA) is 162 Å². The van der Waals surface area contributed by atoms with E-state index in [1.54, 1.807) is 42.5 Å². The highest BCUT2D eigenvalue weighted by Gasteiger charge is 2.24. The fourth-order valence-corrected chi connectivity index (χ4v) is 6.02. The Bertz CT molecular complexity index is 1810. The van der Waals surface area contributed by atoms with Gasteiger partial charge in [0.15, 0.2) is 0 Å². The Kier molecular flexibility index (Phi) is 10.5. The maximum Gasteiger partial charge on any atom is 0.326 e. The van der Waals surface area contributed by atoms with Gasteiger partial charge in [0.1, 0.15) is 11.8 Å². The van der Waals surface area contributed by atoms with Crippen molar-refractivity contribution in [3.63, 3.8) is 0 Å². The van der Waals surface area contributed by atoms with E-state index in [2.05, 4.69) is 15.4 Å². The smallest absolute Gasteiger partial charge is 0.326 e. The standard InChI is InChI=1S/C30H24Cl3N3O7S/c31-23-5-2-6-24(32)27(23)29(39)35-19-9-7-17(8-10-19)14-26(30(40)41)36-28(38)22-12-11-21(15-25(22)33)44(42,43)34-16-18-3-1-4-20(37)13-18/h1-13,15,26,34,37H,14,16H2,(H,35,39)(H,36,38)(H,40,41). The summed E-state index contributed by atoms with van der Waals surface area (Å²) in [7, 11) is -4.03. The van der Waals surface area contributed by atoms with E-state index in [1.807, 2.05) is 0 Å². The summed E-state index contributed by atoms with van der Waals surface area (Å²) < 4.78 is 27.9. The molecule has 5 N–H and O–H groups in total. The molecule has 0 aromatic heterocycles. The van der Waals surface area contributed by atoms with E-state index < -0.39 is 33.8 Å². The van der Waals surface area contributed by atoms with E-state index in [1.165, 1.54) is 36.4 Å². The Morgan fingerprint density at radius 1 is 0.773 bits per heavy atom. The number of carbonyl (C=O) groups excluding carboxylic acids is 2. The number of nitrogens with one attached hydrogen (secondary N) is 3. The summed E-state index contributed by atoms with van der Waals surface area (Å²) in [5, 5.41) is 24.5. The van der Waals surface area contributed by atoms with Crippen LogP contribution >= 0.6 is 34.8 Å². The SMILES string of the molecule is O=C(NC(Cc1ccc(NC(=O)c2c(Cl)cccc2Cl)cc1)C(=O)O)c1ccc(S(=O)(=O)NCc2cccc(O)c2)cc1Cl. The lowest BCUT2D eigenvalue weighted by Crippen LogP contribution is -2.42. The van der Waals surface area contributed by atoms with Gasteiger partial charge in [0, 0.05) is 18.7 Å². The first kappa shape index (κ1) is 32.8. The molecule has 4 aromatic carbocycles. The highest BCUT2D eigenvalue weighted by atomic mass is 35.5. The van der Waals surface area contributed by atoms with Crippen LogP contribution in [-0.4, -0.2) is 42.5 Å². The summed E-state index contributed by atoms with van der Waals surface area (Å²) in [6.07, 6.45) is -0.102. The molecule has 0 radical (unpaired) electrons. The highest BCUT2D eigenvalue weighted by Crippen LogP contribution is 2.26. The van der Waals surface area contributed by atoms with Crippen molar-refractivity contribution >= 4 is 68.3 Å². The number of carboxylic acids is 1. The zero-order valence-electron chi connectivity index (χ0n) is 22.6. The Labute approximate surface area is 267 Å². The van der Waals surface area contributed by atoms with E-state index >= 15 is 0 Å². The van der Waals surface area contributed by atoms with Crippen LogP contribution in [0.1, 0.15) is 31.8 Å². The molecule has 14 heteroatoms. The first-order valence-electron chi connectivity index (χ1n) is 12.8. The molecule has 0 bridgehead atoms. The molecule has 0 saturated carbocycles. The molecule has 0 aliphatic carbocycles. The minimum absolute atomic E-state index is 0.0133. The summed E-state index contributed by atoms with van der Waals surface area (Å²) in [5.41, 5.74) is 1.46. The van der Waals surface area contributed by atoms with Crippen LogP contribution in [0.25, 0.3) is 0 Å². The van der Waals surface area contributed by atoms with Crippen molar-refractivity contribution in [2.24, 2.45) is 0 Å². The second kappa shape index (κ2) is 14.1. The highest BCUT2D eigenvalue weighted by molar-refractivity contribution is 7.89. The Morgan fingerprint density at radius 3 is 2.05 bits per heavy atom. The maximum atomic E-state index is 12.9. The fourth-order valence-electron chi connectivity index (χ4n) is 4.08. The number of halogens is 3. The number of phenols is 1. The molecular formula is C30H24Cl3N3O7S. The average molecular weight is 677 g/mol. The second-order valence-electron chi connectivity index (χ2n) is 9.45. The first-order valence-corrected chi connectivity index (χ1v) is 15.4. The van der Waals surface area contributed by atoms with Crippen molar-refractivity contribution in [1.29, 1.82) is 0 Å². The molecule has 4 rings (SSSR count). The van der Waals surface area contributed by atoms with Gasteiger partial charge in [0.2, 0.25) is 10.0 Å². The van der Waals surface area contributed by atoms with Crippen LogP contribution in [0.5, 0.6) is 5.75 Å². The van der Waals surface area contributed by atoms with Crippen LogP contribution in [0, 0.1) is 0 Å². The van der Waals surface area contributed by atoms with E-state index in [0.29, 0.717) is 16.8 Å². The van der Waals surface area contributed by atoms with Gasteiger partial charge < -0.3 is 20.8 Å². The summed E-state index contributed by atoms with van der Waals surface area (Å²) in [6.45, 7) is -0.0973. The molecule has 10 nitrogen and oxygen atoms in total. The van der Waals surface area contributed by atoms with Gasteiger partial charge in [-0.15, -0.1) is 0 Å². The lowest BCUT2D eigenvalue weighted by Gasteiger charge is -2.16. The molecular weight excluding hydrogens is 653 g/mol. The van der Waals surface area contributed by atoms with Crippen molar-refractivity contribution in [3.8, 4) is 5.75 Å². The number of aliphatic carboxylic acids is 1. The molecule has 0 aliphatic heterocycles. The third kappa shape index (κ3) is 8.28. The number of benzene rings is 4. The number of hydrogen-bond acceptors (Lipinski definition) is 6. The average Bonchev–Trinajstić information content (AvgIpc) is 2.96. The molecule has 0 fully saturated rings. The van der Waals surface area contributed by atoms with Crippen LogP contribution in [0.4, 0.5) is 5.69 Å². The van der Waals surface area contributed by atoms with Crippen LogP contribution in [0.2, 0.25) is 15.1 Å². The third-order valence-electron chi connectivity index (χ3n) is 6.32. The van der Waals surface area contributed by atoms with Gasteiger partial charge in [-0.3, -0.25) is 9.59 Å². The molecule has 1 atom stereocenters. The second-order valence-corrected chi connectivity index (χ2v) is 12.4. The van der Waals surface area contributed by atoms with Gasteiger partial charge in [0.05, 0.1) is 31.1 Å². The molecule has 0 spiro atoms. The summed E-state index contributed by atoms with van der Waals surface area (Å²) in [6, 6.07) is 19.1. The van der Waals surface area contributed by atoms with Crippen LogP contribution in [0.15, 0.2) is 89.8 Å². The molecule has 4 aromatic rings. The number of amides is 2. The number of anilines is 1. The number of phenolic OH excluding ortho intramolecular Hbond substituents is 1. The predicted molar refractivity (Wildman–Crippen MR) is 167 cm³/mol. The van der Waals surface area contributed by atoms with E-state index in [0.717, 1.165) is 6.07 Å². The normalized spacial score (nSPS) is 11.9. The number of rotatable bonds is 11. The van der Waals surface area contributed by atoms with Gasteiger partial charge >= 0.3 is 5.97 Å². The van der Waals surface area contributed by atoms with Crippen molar-refractivity contribution in [3.05, 3.63) is 122 Å². The minimum Gasteiger partial charge on any atom is -0.508 e. The van der Waals surface area contributed by atoms with E-state index in [-0.39, 0.29) is 49.8 Å². The van der Waals surface area contributed by atoms with Gasteiger partial charge in [-0.1, -0.05) is 65.1 Å². The molecule has 0 saturated heterocycles. The van der Waals surface area contributed by atoms with E-state index in [4.69, 9.17) is 34.8 Å². The molecule has 0 aliphatic rings. The largest absolute Gasteiger partial charge is 0.508 e. The summed E-state index contributed by atoms with van der Waals surface area (Å²) >= 11 is 18.4. The zero-order chi connectivity index (χ0) is 32.0. The fraction of sp³-hybridized carbons (Fsp3) is 0.100. The van der Waals surface area contributed by atoms with Crippen LogP contribution < -0.4 is 15.4 Å². The Morgan fingerprint density at radius 2 is 1.43 bits per heavy atom. The number of sulfonamides is 1. The lowest BCUT2D eigenvalue weighted by atomic mass is 10.0. The Hall–Kier alpha value is -4.13. The van der Waals surface area contributed by atoms with Crippen LogP contribution in [0.3, 0.4) is 0 Å². The summed E-state index contributed by atoms with van der Waals surface area (Å²) in [5.74, 6) is -2.66. The van der Waals surface area contributed by atoms with Gasteiger partial charge in [0.25, 0.3) is 11.8 Å². The van der Waals surface area contributed by atoms with Gasteiger partial charge in [-0.2, -0.15) is 0 Å². The lowest BCUT2D eigenvalue weighted by molar-refractivity contribution is -0.139. The third-order valence-corrected chi connectivity index (χ3v) is 8.66. The van der Waals surface area contributed by atoms with Crippen molar-refractivity contribution in [2.75, 3.05) is 5.32 Å². The van der Waals surface area contributed by atoms with E-state index in [9.17, 15) is 33.0 Å². The minimum atomic E-state index is -4.03. The first-order chi connectivity index (χ1) is 20.8. The number of carbonyl (C=O) groups is 3. The Balaban J connectivity index is 1.40. The molecule has 2 amide bonds. The van der Waals surface area contributed by atoms with Gasteiger partial charge in [-0.05, 0) is 65.7 Å². The van der Waals surface area contributed by atoms with Crippen molar-refractivity contribution < 1.29 is 33.0 Å². The van der Waals surface area contributed by atoms with Gasteiger partial charge in [-0.25, -0.2) is 17.9 Å². The monoisotopic (exact) mass is 675 g/mol. The van der Waals surface area contributed by atoms with Crippen molar-refractivity contribution in [2.45, 2.75) is 23.9 Å². The predicted octanol–water partition coefficient (Wildman–Crippen LogP) is 5.51. The number of carboxylic acid groups (broad SMARTS) is 1. The molecule has 1 unspecified atom stereocenters. The quantitative estimate of drug-likeness (QED) is 0.140. The molecule has 44 heavy (non-hydrogen) atoms. The summed E-state index contributed by atoms with van der Waals surface area (Å²) in [4.78, 5) is 37.3. The van der Waals surface area contributed by atoms with Crippen molar-refractivity contribution in [1.82, 2.24) is 10.0 Å². The maximum absolute atomic E-state index is 12.9. The zero-order valence-corrected chi connectivity index (χ0v) is 25.6. The number of hydrogen-bond donors (Lipinski definition) is 5. The van der Waals surface area contributed by atoms with Crippen LogP contribution in [-0.2, 0) is 27.8 Å². The number of aromatic hydroxyl groups is 1. The molecule has 228 valence electrons.